The number of methoxy groups -OCH3 is 1. The first-order valence-electron chi connectivity index (χ1n) is 5.31. The monoisotopic (exact) mass is 328 g/mol. The Balaban J connectivity index is 2.46. The lowest BCUT2D eigenvalue weighted by Gasteiger charge is -2.04. The van der Waals surface area contributed by atoms with Gasteiger partial charge in [0.15, 0.2) is 16.3 Å². The fourth-order valence-electron chi connectivity index (χ4n) is 1.71. The van der Waals surface area contributed by atoms with E-state index in [-0.39, 0.29) is 12.2 Å². The third kappa shape index (κ3) is 2.93. The molecule has 100 valence electrons. The van der Waals surface area contributed by atoms with E-state index in [2.05, 4.69) is 25.9 Å². The summed E-state index contributed by atoms with van der Waals surface area (Å²) in [7, 11) is 1.37. The van der Waals surface area contributed by atoms with E-state index in [1.165, 1.54) is 19.2 Å². The van der Waals surface area contributed by atoms with Gasteiger partial charge in [0.2, 0.25) is 0 Å². The van der Waals surface area contributed by atoms with Crippen molar-refractivity contribution in [3.63, 3.8) is 0 Å². The molecule has 0 bridgehead atoms. The first kappa shape index (κ1) is 13.5. The third-order valence-electron chi connectivity index (χ3n) is 2.50. The second-order valence-electron chi connectivity index (χ2n) is 3.77. The van der Waals surface area contributed by atoms with Crippen LogP contribution in [0.4, 0.5) is 4.39 Å². The van der Waals surface area contributed by atoms with Crippen molar-refractivity contribution >= 4 is 21.9 Å². The lowest BCUT2D eigenvalue weighted by molar-refractivity contribution is -0.136. The molecule has 0 spiro atoms. The molecule has 1 aromatic heterocycles. The summed E-state index contributed by atoms with van der Waals surface area (Å²) in [6.07, 6.45) is -0.221. The molecule has 0 saturated carbocycles. The molecule has 2 rings (SSSR count). The minimum atomic E-state index is -0.994. The molecule has 1 aromatic carbocycles. The highest BCUT2D eigenvalue weighted by atomic mass is 79.9. The lowest BCUT2D eigenvalue weighted by atomic mass is 10.1. The summed E-state index contributed by atoms with van der Waals surface area (Å²) in [6.45, 7) is 0. The number of benzene rings is 1. The number of hydrogen-bond acceptors (Lipinski definition) is 3. The Morgan fingerprint density at radius 2 is 2.32 bits per heavy atom. The highest BCUT2D eigenvalue weighted by Gasteiger charge is 2.15. The summed E-state index contributed by atoms with van der Waals surface area (Å²) in [4.78, 5) is 17.7. The molecular weight excluding hydrogens is 319 g/mol. The van der Waals surface area contributed by atoms with E-state index in [0.717, 1.165) is 0 Å². The average molecular weight is 329 g/mol. The van der Waals surface area contributed by atoms with Crippen LogP contribution in [0.1, 0.15) is 5.69 Å². The number of aliphatic carboxylic acids is 1. The molecule has 0 fully saturated rings. The zero-order valence-electron chi connectivity index (χ0n) is 9.91. The van der Waals surface area contributed by atoms with Gasteiger partial charge in [0.25, 0.3) is 0 Å². The smallest absolute Gasteiger partial charge is 0.309 e. The van der Waals surface area contributed by atoms with E-state index in [4.69, 9.17) is 9.84 Å². The molecule has 0 saturated heterocycles. The zero-order valence-corrected chi connectivity index (χ0v) is 11.5. The molecule has 5 nitrogen and oxygen atoms in total. The molecule has 2 aromatic rings. The van der Waals surface area contributed by atoms with Crippen LogP contribution in [0.15, 0.2) is 22.9 Å². The number of H-pyrrole nitrogens is 1. The van der Waals surface area contributed by atoms with Crippen LogP contribution in [-0.2, 0) is 11.2 Å². The number of rotatable bonds is 4. The Hall–Kier alpha value is -1.89. The fraction of sp³-hybridized carbons (Fsp3) is 0.167. The SMILES string of the molecule is COc1ccc(-c2nc(Br)[nH]c2CC(=O)O)cc1F. The molecule has 0 amide bonds. The van der Waals surface area contributed by atoms with E-state index >= 15 is 0 Å². The number of halogens is 2. The molecule has 2 N–H and O–H groups in total. The van der Waals surface area contributed by atoms with E-state index < -0.39 is 11.8 Å². The van der Waals surface area contributed by atoms with Crippen molar-refractivity contribution in [3.8, 4) is 17.0 Å². The number of aromatic amines is 1. The van der Waals surface area contributed by atoms with Gasteiger partial charge in [0.05, 0.1) is 24.9 Å². The van der Waals surface area contributed by atoms with Gasteiger partial charge in [-0.15, -0.1) is 0 Å². The minimum Gasteiger partial charge on any atom is -0.494 e. The topological polar surface area (TPSA) is 75.2 Å². The van der Waals surface area contributed by atoms with Crippen molar-refractivity contribution in [2.75, 3.05) is 7.11 Å². The van der Waals surface area contributed by atoms with Crippen molar-refractivity contribution in [2.24, 2.45) is 0 Å². The number of nitrogens with one attached hydrogen (secondary N) is 1. The predicted octanol–water partition coefficient (Wildman–Crippen LogP) is 2.61. The lowest BCUT2D eigenvalue weighted by Crippen LogP contribution is -2.02. The largest absolute Gasteiger partial charge is 0.494 e. The number of aromatic nitrogens is 2. The summed E-state index contributed by atoms with van der Waals surface area (Å²) in [5, 5.41) is 8.83. The van der Waals surface area contributed by atoms with Crippen LogP contribution in [0.2, 0.25) is 0 Å². The molecule has 0 radical (unpaired) electrons. The molecule has 0 unspecified atom stereocenters. The third-order valence-corrected chi connectivity index (χ3v) is 2.88. The van der Waals surface area contributed by atoms with Crippen LogP contribution in [0, 0.1) is 5.82 Å². The fourth-order valence-corrected chi connectivity index (χ4v) is 2.13. The van der Waals surface area contributed by atoms with Crippen LogP contribution in [0.5, 0.6) is 5.75 Å². The Labute approximate surface area is 116 Å². The summed E-state index contributed by atoms with van der Waals surface area (Å²) in [5.41, 5.74) is 1.29. The number of carbonyl (C=O) groups is 1. The summed E-state index contributed by atoms with van der Waals surface area (Å²) in [5.74, 6) is -1.40. The maximum Gasteiger partial charge on any atom is 0.309 e. The summed E-state index contributed by atoms with van der Waals surface area (Å²) >= 11 is 3.14. The Bertz CT molecular complexity index is 627. The number of carboxylic acids is 1. The number of imidazole rings is 1. The zero-order chi connectivity index (χ0) is 14.0. The van der Waals surface area contributed by atoms with Gasteiger partial charge < -0.3 is 14.8 Å². The number of hydrogen-bond donors (Lipinski definition) is 2. The van der Waals surface area contributed by atoms with Crippen molar-refractivity contribution < 1.29 is 19.0 Å². The first-order valence-corrected chi connectivity index (χ1v) is 6.10. The Morgan fingerprint density at radius 1 is 1.58 bits per heavy atom. The molecule has 0 aliphatic heterocycles. The van der Waals surface area contributed by atoms with Crippen LogP contribution < -0.4 is 4.74 Å². The maximum absolute atomic E-state index is 13.6. The van der Waals surface area contributed by atoms with Gasteiger partial charge in [-0.05, 0) is 34.1 Å². The second-order valence-corrected chi connectivity index (χ2v) is 4.53. The molecule has 0 aliphatic rings. The maximum atomic E-state index is 13.6. The van der Waals surface area contributed by atoms with Gasteiger partial charge in [-0.1, -0.05) is 0 Å². The van der Waals surface area contributed by atoms with E-state index in [1.54, 1.807) is 6.07 Å². The van der Waals surface area contributed by atoms with Crippen LogP contribution in [0.25, 0.3) is 11.3 Å². The van der Waals surface area contributed by atoms with E-state index in [0.29, 0.717) is 21.7 Å². The van der Waals surface area contributed by atoms with Gasteiger partial charge in [-0.3, -0.25) is 4.79 Å². The van der Waals surface area contributed by atoms with Crippen molar-refractivity contribution in [3.05, 3.63) is 34.4 Å². The quantitative estimate of drug-likeness (QED) is 0.904. The standard InChI is InChI=1S/C12H10BrFN2O3/c1-19-9-3-2-6(4-7(9)14)11-8(5-10(17)18)15-12(13)16-11/h2-4H,5H2,1H3,(H,15,16)(H,17,18). The second kappa shape index (κ2) is 5.40. The van der Waals surface area contributed by atoms with E-state index in [1.807, 2.05) is 0 Å². The molecule has 7 heteroatoms. The molecular formula is C12H10BrFN2O3. The van der Waals surface area contributed by atoms with Gasteiger partial charge in [-0.2, -0.15) is 0 Å². The number of ether oxygens (including phenoxy) is 1. The van der Waals surface area contributed by atoms with Gasteiger partial charge in [0, 0.05) is 5.56 Å². The molecule has 0 atom stereocenters. The normalized spacial score (nSPS) is 10.5. The van der Waals surface area contributed by atoms with Crippen molar-refractivity contribution in [1.82, 2.24) is 9.97 Å². The summed E-state index contributed by atoms with van der Waals surface area (Å²) < 4.78 is 18.9. The van der Waals surface area contributed by atoms with Crippen LogP contribution in [0.3, 0.4) is 0 Å². The summed E-state index contributed by atoms with van der Waals surface area (Å²) in [6, 6.07) is 4.35. The average Bonchev–Trinajstić information content (AvgIpc) is 2.69. The van der Waals surface area contributed by atoms with Gasteiger partial charge >= 0.3 is 5.97 Å². The van der Waals surface area contributed by atoms with Crippen LogP contribution >= 0.6 is 15.9 Å². The highest BCUT2D eigenvalue weighted by Crippen LogP contribution is 2.28. The van der Waals surface area contributed by atoms with Crippen molar-refractivity contribution in [1.29, 1.82) is 0 Å². The minimum absolute atomic E-state index is 0.123. The predicted molar refractivity (Wildman–Crippen MR) is 69.6 cm³/mol. The Morgan fingerprint density at radius 3 is 2.89 bits per heavy atom. The van der Waals surface area contributed by atoms with Gasteiger partial charge in [-0.25, -0.2) is 9.37 Å². The van der Waals surface area contributed by atoms with Crippen LogP contribution in [-0.4, -0.2) is 28.2 Å². The molecule has 19 heavy (non-hydrogen) atoms. The first-order chi connectivity index (χ1) is 9.01. The molecule has 0 aliphatic carbocycles. The number of nitrogens with zero attached hydrogens (tertiary/aromatic N) is 1. The Kier molecular flexibility index (Phi) is 3.84. The van der Waals surface area contributed by atoms with E-state index in [9.17, 15) is 9.18 Å². The number of carboxylic acid groups (broad SMARTS) is 1. The van der Waals surface area contributed by atoms with Crippen molar-refractivity contribution in [2.45, 2.75) is 6.42 Å². The van der Waals surface area contributed by atoms with Gasteiger partial charge in [0.1, 0.15) is 0 Å². The molecule has 1 heterocycles. The highest BCUT2D eigenvalue weighted by molar-refractivity contribution is 9.10.